The number of primary amides is 1. The summed E-state index contributed by atoms with van der Waals surface area (Å²) in [5.41, 5.74) is 7.68. The normalized spacial score (nSPS) is 11.3. The molecule has 26 heavy (non-hydrogen) atoms. The molecule has 0 radical (unpaired) electrons. The molecule has 0 bridgehead atoms. The summed E-state index contributed by atoms with van der Waals surface area (Å²) in [5.74, 6) is -0.0390. The van der Waals surface area contributed by atoms with Crippen molar-refractivity contribution in [2.45, 2.75) is 23.6 Å². The van der Waals surface area contributed by atoms with Crippen LogP contribution in [0.4, 0.5) is 5.82 Å². The molecule has 0 unspecified atom stereocenters. The Balaban J connectivity index is 2.65. The third kappa shape index (κ3) is 3.79. The van der Waals surface area contributed by atoms with Crippen LogP contribution in [0.5, 0.6) is 0 Å². The van der Waals surface area contributed by atoms with E-state index in [1.807, 2.05) is 37.3 Å². The highest BCUT2D eigenvalue weighted by molar-refractivity contribution is 8.00. The van der Waals surface area contributed by atoms with Crippen LogP contribution in [0.1, 0.15) is 34.4 Å². The lowest BCUT2D eigenvalue weighted by atomic mass is 10.0. The van der Waals surface area contributed by atoms with Gasteiger partial charge < -0.3 is 10.6 Å². The number of amides is 1. The van der Waals surface area contributed by atoms with E-state index in [0.29, 0.717) is 34.0 Å². The highest BCUT2D eigenvalue weighted by atomic mass is 32.2. The number of nitriles is 2. The molecule has 132 valence electrons. The van der Waals surface area contributed by atoms with Crippen molar-refractivity contribution in [2.75, 3.05) is 19.0 Å². The molecule has 1 atom stereocenters. The number of aromatic nitrogens is 1. The van der Waals surface area contributed by atoms with Crippen molar-refractivity contribution < 1.29 is 4.79 Å². The second-order valence-corrected chi connectivity index (χ2v) is 6.85. The Kier molecular flexibility index (Phi) is 6.21. The number of benzene rings is 1. The number of anilines is 1. The van der Waals surface area contributed by atoms with Crippen molar-refractivity contribution in [2.24, 2.45) is 5.73 Å². The number of nitrogens with zero attached hydrogens (tertiary/aromatic N) is 4. The number of hydrogen-bond acceptors (Lipinski definition) is 6. The van der Waals surface area contributed by atoms with Gasteiger partial charge in [0.15, 0.2) is 0 Å². The Morgan fingerprint density at radius 3 is 2.31 bits per heavy atom. The second kappa shape index (κ2) is 8.37. The topological polar surface area (TPSA) is 107 Å². The molecule has 0 fully saturated rings. The molecule has 1 aromatic heterocycles. The molecule has 0 spiro atoms. The summed E-state index contributed by atoms with van der Waals surface area (Å²) < 4.78 is 0. The number of hydrogen-bond donors (Lipinski definition) is 1. The molecular formula is C19H19N5OS. The van der Waals surface area contributed by atoms with Crippen LogP contribution in [-0.2, 0) is 11.2 Å². The Hall–Kier alpha value is -3.03. The van der Waals surface area contributed by atoms with E-state index in [1.165, 1.54) is 0 Å². The number of thioether (sulfide) groups is 1. The van der Waals surface area contributed by atoms with Crippen LogP contribution in [-0.4, -0.2) is 25.0 Å². The van der Waals surface area contributed by atoms with Crippen molar-refractivity contribution in [3.63, 3.8) is 0 Å². The molecule has 0 aliphatic rings. The monoisotopic (exact) mass is 365 g/mol. The SMILES string of the molecule is CCc1c(C#N)c(S[C@@H](C(N)=O)c2ccccc2)nc(N(C)C)c1C#N. The predicted octanol–water partition coefficient (Wildman–Crippen LogP) is 2.77. The molecule has 1 heterocycles. The summed E-state index contributed by atoms with van der Waals surface area (Å²) in [6.45, 7) is 1.88. The van der Waals surface area contributed by atoms with Gasteiger partial charge in [0.1, 0.15) is 28.2 Å². The van der Waals surface area contributed by atoms with E-state index in [2.05, 4.69) is 17.1 Å². The molecule has 2 aromatic rings. The third-order valence-electron chi connectivity index (χ3n) is 3.84. The Morgan fingerprint density at radius 2 is 1.85 bits per heavy atom. The van der Waals surface area contributed by atoms with Gasteiger partial charge in [-0.3, -0.25) is 4.79 Å². The zero-order valence-corrected chi connectivity index (χ0v) is 15.7. The van der Waals surface area contributed by atoms with E-state index < -0.39 is 11.2 Å². The first-order valence-corrected chi connectivity index (χ1v) is 8.87. The van der Waals surface area contributed by atoms with Crippen molar-refractivity contribution >= 4 is 23.5 Å². The van der Waals surface area contributed by atoms with E-state index in [-0.39, 0.29) is 0 Å². The van der Waals surface area contributed by atoms with Crippen molar-refractivity contribution in [3.8, 4) is 12.1 Å². The first kappa shape index (κ1) is 19.3. The molecule has 0 saturated carbocycles. The summed E-state index contributed by atoms with van der Waals surface area (Å²) in [6, 6.07) is 13.4. The lowest BCUT2D eigenvalue weighted by Gasteiger charge is -2.20. The molecule has 6 nitrogen and oxygen atoms in total. The third-order valence-corrected chi connectivity index (χ3v) is 5.10. The Bertz CT molecular complexity index is 897. The Labute approximate surface area is 157 Å². The maximum atomic E-state index is 12.0. The van der Waals surface area contributed by atoms with Crippen LogP contribution in [0.2, 0.25) is 0 Å². The molecule has 1 aromatic carbocycles. The van der Waals surface area contributed by atoms with Gasteiger partial charge in [-0.25, -0.2) is 4.98 Å². The van der Waals surface area contributed by atoms with Crippen LogP contribution in [0, 0.1) is 22.7 Å². The first-order valence-electron chi connectivity index (χ1n) is 7.99. The minimum absolute atomic E-state index is 0.321. The van der Waals surface area contributed by atoms with Crippen LogP contribution in [0.25, 0.3) is 0 Å². The largest absolute Gasteiger partial charge is 0.368 e. The molecule has 2 N–H and O–H groups in total. The maximum Gasteiger partial charge on any atom is 0.235 e. The zero-order valence-electron chi connectivity index (χ0n) is 14.9. The molecule has 0 aliphatic carbocycles. The van der Waals surface area contributed by atoms with E-state index in [9.17, 15) is 15.3 Å². The van der Waals surface area contributed by atoms with Gasteiger partial charge in [0, 0.05) is 14.1 Å². The molecule has 1 amide bonds. The molecular weight excluding hydrogens is 346 g/mol. The van der Waals surface area contributed by atoms with E-state index >= 15 is 0 Å². The van der Waals surface area contributed by atoms with E-state index in [4.69, 9.17) is 5.73 Å². The lowest BCUT2D eigenvalue weighted by molar-refractivity contribution is -0.117. The van der Waals surface area contributed by atoms with E-state index in [1.54, 1.807) is 19.0 Å². The van der Waals surface area contributed by atoms with Crippen molar-refractivity contribution in [3.05, 3.63) is 52.6 Å². The van der Waals surface area contributed by atoms with Crippen LogP contribution < -0.4 is 10.6 Å². The maximum absolute atomic E-state index is 12.0. The van der Waals surface area contributed by atoms with Gasteiger partial charge in [-0.05, 0) is 17.5 Å². The minimum Gasteiger partial charge on any atom is -0.368 e. The van der Waals surface area contributed by atoms with Gasteiger partial charge in [-0.1, -0.05) is 49.0 Å². The predicted molar refractivity (Wildman–Crippen MR) is 102 cm³/mol. The van der Waals surface area contributed by atoms with Gasteiger partial charge in [0.05, 0.1) is 11.1 Å². The molecule has 0 aliphatic heterocycles. The fourth-order valence-electron chi connectivity index (χ4n) is 2.62. The zero-order chi connectivity index (χ0) is 19.3. The first-order chi connectivity index (χ1) is 12.4. The van der Waals surface area contributed by atoms with Gasteiger partial charge in [-0.15, -0.1) is 0 Å². The van der Waals surface area contributed by atoms with Crippen LogP contribution in [0.15, 0.2) is 35.4 Å². The number of rotatable bonds is 6. The van der Waals surface area contributed by atoms with Crippen LogP contribution >= 0.6 is 11.8 Å². The summed E-state index contributed by atoms with van der Waals surface area (Å²) in [6.07, 6.45) is 0.509. The average Bonchev–Trinajstić information content (AvgIpc) is 2.64. The standard InChI is InChI=1S/C19H19N5OS/c1-4-13-14(10-20)18(24(2)3)23-19(15(13)11-21)26-16(17(22)25)12-8-6-5-7-9-12/h5-9,16H,4H2,1-3H3,(H2,22,25)/t16-/m1/s1. The summed E-state index contributed by atoms with van der Waals surface area (Å²) >= 11 is 1.14. The summed E-state index contributed by atoms with van der Waals surface area (Å²) in [7, 11) is 3.57. The average molecular weight is 365 g/mol. The van der Waals surface area contributed by atoms with Crippen molar-refractivity contribution in [1.82, 2.24) is 4.98 Å². The van der Waals surface area contributed by atoms with Gasteiger partial charge in [0.2, 0.25) is 5.91 Å². The summed E-state index contributed by atoms with van der Waals surface area (Å²) in [4.78, 5) is 18.3. The Morgan fingerprint density at radius 1 is 1.23 bits per heavy atom. The summed E-state index contributed by atoms with van der Waals surface area (Å²) in [5, 5.41) is 18.9. The smallest absolute Gasteiger partial charge is 0.235 e. The van der Waals surface area contributed by atoms with Gasteiger partial charge >= 0.3 is 0 Å². The molecule has 7 heteroatoms. The molecule has 2 rings (SSSR count). The fourth-order valence-corrected chi connectivity index (χ4v) is 3.68. The number of pyridine rings is 1. The number of carbonyl (C=O) groups excluding carboxylic acids is 1. The van der Waals surface area contributed by atoms with Gasteiger partial charge in [0.25, 0.3) is 0 Å². The van der Waals surface area contributed by atoms with Crippen molar-refractivity contribution in [1.29, 1.82) is 10.5 Å². The van der Waals surface area contributed by atoms with E-state index in [0.717, 1.165) is 17.3 Å². The highest BCUT2D eigenvalue weighted by Crippen LogP contribution is 2.39. The number of nitrogens with two attached hydrogens (primary N) is 1. The van der Waals surface area contributed by atoms with Crippen LogP contribution in [0.3, 0.4) is 0 Å². The molecule has 0 saturated heterocycles. The quantitative estimate of drug-likeness (QED) is 0.789. The minimum atomic E-state index is -0.677. The van der Waals surface area contributed by atoms with Gasteiger partial charge in [-0.2, -0.15) is 10.5 Å². The highest BCUT2D eigenvalue weighted by Gasteiger charge is 2.26. The second-order valence-electron chi connectivity index (χ2n) is 5.75. The fraction of sp³-hybridized carbons (Fsp3) is 0.263. The number of carbonyl (C=O) groups is 1. The lowest BCUT2D eigenvalue weighted by Crippen LogP contribution is -2.20.